The lowest BCUT2D eigenvalue weighted by Gasteiger charge is -2.38. The van der Waals surface area contributed by atoms with E-state index in [2.05, 4.69) is 11.8 Å². The van der Waals surface area contributed by atoms with Crippen LogP contribution in [0.25, 0.3) is 0 Å². The number of benzene rings is 1. The first-order valence-corrected chi connectivity index (χ1v) is 7.64. The molecule has 0 spiro atoms. The summed E-state index contributed by atoms with van der Waals surface area (Å²) in [4.78, 5) is 2.26. The number of alkyl halides is 3. The summed E-state index contributed by atoms with van der Waals surface area (Å²) in [5.74, 6) is 0. The van der Waals surface area contributed by atoms with E-state index in [0.29, 0.717) is 6.04 Å². The third-order valence-electron chi connectivity index (χ3n) is 4.19. The SMILES string of the molecule is CCCC1CCCCN1c1ccc(C(F)(F)F)c(CN)c1. The van der Waals surface area contributed by atoms with Crippen molar-refractivity contribution in [2.75, 3.05) is 11.4 Å². The predicted molar refractivity (Wildman–Crippen MR) is 79.2 cm³/mol. The van der Waals surface area contributed by atoms with Crippen LogP contribution in [-0.4, -0.2) is 12.6 Å². The molecule has 0 bridgehead atoms. The monoisotopic (exact) mass is 300 g/mol. The summed E-state index contributed by atoms with van der Waals surface area (Å²) in [7, 11) is 0. The van der Waals surface area contributed by atoms with Crippen LogP contribution in [-0.2, 0) is 12.7 Å². The molecule has 21 heavy (non-hydrogen) atoms. The van der Waals surface area contributed by atoms with Crippen LogP contribution >= 0.6 is 0 Å². The van der Waals surface area contributed by atoms with Crippen molar-refractivity contribution in [1.29, 1.82) is 0 Å². The Morgan fingerprint density at radius 1 is 1.29 bits per heavy atom. The number of anilines is 1. The molecule has 1 aromatic rings. The highest BCUT2D eigenvalue weighted by Crippen LogP contribution is 2.35. The Morgan fingerprint density at radius 3 is 2.67 bits per heavy atom. The van der Waals surface area contributed by atoms with Gasteiger partial charge in [0, 0.05) is 24.8 Å². The molecule has 2 N–H and O–H groups in total. The molecule has 1 aliphatic rings. The smallest absolute Gasteiger partial charge is 0.369 e. The highest BCUT2D eigenvalue weighted by Gasteiger charge is 2.33. The fourth-order valence-electron chi connectivity index (χ4n) is 3.18. The van der Waals surface area contributed by atoms with E-state index < -0.39 is 11.7 Å². The molecule has 0 saturated carbocycles. The molecule has 1 aliphatic heterocycles. The number of piperidine rings is 1. The van der Waals surface area contributed by atoms with E-state index in [1.165, 1.54) is 12.5 Å². The zero-order valence-electron chi connectivity index (χ0n) is 12.4. The van der Waals surface area contributed by atoms with Crippen LogP contribution < -0.4 is 10.6 Å². The van der Waals surface area contributed by atoms with Crippen molar-refractivity contribution in [2.45, 2.75) is 57.8 Å². The lowest BCUT2D eigenvalue weighted by molar-refractivity contribution is -0.138. The van der Waals surface area contributed by atoms with Gasteiger partial charge in [0.2, 0.25) is 0 Å². The minimum Gasteiger partial charge on any atom is -0.369 e. The second-order valence-electron chi connectivity index (χ2n) is 5.68. The number of nitrogens with two attached hydrogens (primary N) is 1. The molecule has 1 saturated heterocycles. The standard InChI is InChI=1S/C16H23F3N2/c1-2-5-13-6-3-4-9-21(13)14-7-8-15(16(17,18)19)12(10-14)11-20/h7-8,10,13H,2-6,9,11,20H2,1H3. The molecule has 1 unspecified atom stereocenters. The molecule has 2 rings (SSSR count). The van der Waals surface area contributed by atoms with Crippen molar-refractivity contribution in [3.05, 3.63) is 29.3 Å². The summed E-state index contributed by atoms with van der Waals surface area (Å²) in [6, 6.07) is 4.83. The summed E-state index contributed by atoms with van der Waals surface area (Å²) in [5, 5.41) is 0. The van der Waals surface area contributed by atoms with Gasteiger partial charge in [0.15, 0.2) is 0 Å². The van der Waals surface area contributed by atoms with Crippen LogP contribution in [0.15, 0.2) is 18.2 Å². The zero-order chi connectivity index (χ0) is 15.5. The molecule has 0 radical (unpaired) electrons. The van der Waals surface area contributed by atoms with E-state index in [1.807, 2.05) is 0 Å². The van der Waals surface area contributed by atoms with Gasteiger partial charge >= 0.3 is 6.18 Å². The van der Waals surface area contributed by atoms with Gasteiger partial charge in [-0.05, 0) is 49.4 Å². The average Bonchev–Trinajstić information content (AvgIpc) is 2.46. The number of rotatable bonds is 4. The fraction of sp³-hybridized carbons (Fsp3) is 0.625. The molecular formula is C16H23F3N2. The van der Waals surface area contributed by atoms with Crippen LogP contribution in [0.5, 0.6) is 0 Å². The lowest BCUT2D eigenvalue weighted by atomic mass is 9.96. The average molecular weight is 300 g/mol. The minimum absolute atomic E-state index is 0.0883. The molecule has 118 valence electrons. The van der Waals surface area contributed by atoms with Gasteiger partial charge in [-0.15, -0.1) is 0 Å². The van der Waals surface area contributed by atoms with E-state index in [-0.39, 0.29) is 12.1 Å². The van der Waals surface area contributed by atoms with Crippen LogP contribution in [0.3, 0.4) is 0 Å². The third kappa shape index (κ3) is 3.70. The van der Waals surface area contributed by atoms with Crippen LogP contribution in [0, 0.1) is 0 Å². The second kappa shape index (κ2) is 6.69. The van der Waals surface area contributed by atoms with E-state index in [4.69, 9.17) is 5.73 Å². The van der Waals surface area contributed by atoms with Crippen LogP contribution in [0.4, 0.5) is 18.9 Å². The van der Waals surface area contributed by atoms with Crippen molar-refractivity contribution >= 4 is 5.69 Å². The van der Waals surface area contributed by atoms with E-state index in [1.54, 1.807) is 12.1 Å². The molecule has 1 fully saturated rings. The Hall–Kier alpha value is -1.23. The first-order chi connectivity index (χ1) is 9.97. The van der Waals surface area contributed by atoms with E-state index in [0.717, 1.165) is 37.9 Å². The largest absolute Gasteiger partial charge is 0.416 e. The van der Waals surface area contributed by atoms with Gasteiger partial charge in [0.25, 0.3) is 0 Å². The molecule has 1 atom stereocenters. The van der Waals surface area contributed by atoms with Gasteiger partial charge in [-0.2, -0.15) is 13.2 Å². The topological polar surface area (TPSA) is 29.3 Å². The Balaban J connectivity index is 2.31. The number of nitrogens with zero attached hydrogens (tertiary/aromatic N) is 1. The molecule has 1 aromatic carbocycles. The normalized spacial score (nSPS) is 19.9. The maximum Gasteiger partial charge on any atom is 0.416 e. The third-order valence-corrected chi connectivity index (χ3v) is 4.19. The van der Waals surface area contributed by atoms with Crippen molar-refractivity contribution in [1.82, 2.24) is 0 Å². The fourth-order valence-corrected chi connectivity index (χ4v) is 3.18. The Morgan fingerprint density at radius 2 is 2.05 bits per heavy atom. The zero-order valence-corrected chi connectivity index (χ0v) is 12.4. The lowest BCUT2D eigenvalue weighted by Crippen LogP contribution is -2.39. The maximum absolute atomic E-state index is 12.9. The predicted octanol–water partition coefficient (Wildman–Crippen LogP) is 4.32. The van der Waals surface area contributed by atoms with Crippen molar-refractivity contribution in [3.63, 3.8) is 0 Å². The Labute approximate surface area is 124 Å². The van der Waals surface area contributed by atoms with Gasteiger partial charge < -0.3 is 10.6 Å². The second-order valence-corrected chi connectivity index (χ2v) is 5.68. The Kier molecular flexibility index (Phi) is 5.14. The summed E-state index contributed by atoms with van der Waals surface area (Å²) < 4.78 is 38.8. The first kappa shape index (κ1) is 16.1. The maximum atomic E-state index is 12.9. The Bertz CT molecular complexity index is 469. The quantitative estimate of drug-likeness (QED) is 0.897. The summed E-state index contributed by atoms with van der Waals surface area (Å²) in [6.45, 7) is 2.97. The van der Waals surface area contributed by atoms with E-state index in [9.17, 15) is 13.2 Å². The molecule has 5 heteroatoms. The number of hydrogen-bond donors (Lipinski definition) is 1. The van der Waals surface area contributed by atoms with Crippen molar-refractivity contribution < 1.29 is 13.2 Å². The van der Waals surface area contributed by atoms with Gasteiger partial charge in [-0.1, -0.05) is 13.3 Å². The van der Waals surface area contributed by atoms with Crippen molar-refractivity contribution in [3.8, 4) is 0 Å². The number of halogens is 3. The minimum atomic E-state index is -4.34. The van der Waals surface area contributed by atoms with Gasteiger partial charge in [0.1, 0.15) is 0 Å². The summed E-state index contributed by atoms with van der Waals surface area (Å²) >= 11 is 0. The molecule has 0 aliphatic carbocycles. The van der Waals surface area contributed by atoms with Gasteiger partial charge in [-0.3, -0.25) is 0 Å². The van der Waals surface area contributed by atoms with Gasteiger partial charge in [0.05, 0.1) is 5.56 Å². The summed E-state index contributed by atoms with van der Waals surface area (Å²) in [6.07, 6.45) is 1.25. The summed E-state index contributed by atoms with van der Waals surface area (Å²) in [5.41, 5.74) is 5.97. The molecule has 0 amide bonds. The molecule has 2 nitrogen and oxygen atoms in total. The molecule has 1 heterocycles. The van der Waals surface area contributed by atoms with Gasteiger partial charge in [-0.25, -0.2) is 0 Å². The highest BCUT2D eigenvalue weighted by molar-refractivity contribution is 5.53. The van der Waals surface area contributed by atoms with Crippen molar-refractivity contribution in [2.24, 2.45) is 5.73 Å². The highest BCUT2D eigenvalue weighted by atomic mass is 19.4. The molecule has 0 aromatic heterocycles. The molecular weight excluding hydrogens is 277 g/mol. The van der Waals surface area contributed by atoms with Crippen LogP contribution in [0.1, 0.15) is 50.2 Å². The van der Waals surface area contributed by atoms with Crippen LogP contribution in [0.2, 0.25) is 0 Å². The first-order valence-electron chi connectivity index (χ1n) is 7.64. The van der Waals surface area contributed by atoms with E-state index >= 15 is 0 Å². The number of hydrogen-bond acceptors (Lipinski definition) is 2.